The number of nitrogens with one attached hydrogen (secondary N) is 1. The fraction of sp³-hybridized carbons (Fsp3) is 0.818. The second-order valence-electron chi connectivity index (χ2n) is 4.16. The number of carboxylic acids is 1. The fourth-order valence-electron chi connectivity index (χ4n) is 1.31. The van der Waals surface area contributed by atoms with Gasteiger partial charge >= 0.3 is 12.0 Å². The highest BCUT2D eigenvalue weighted by atomic mass is 16.5. The van der Waals surface area contributed by atoms with Crippen molar-refractivity contribution in [2.75, 3.05) is 33.9 Å². The van der Waals surface area contributed by atoms with E-state index < -0.39 is 5.97 Å². The van der Waals surface area contributed by atoms with E-state index in [1.807, 2.05) is 0 Å². The molecule has 0 fully saturated rings. The maximum absolute atomic E-state index is 11.6. The Balaban J connectivity index is 3.73. The van der Waals surface area contributed by atoms with Gasteiger partial charge < -0.3 is 20.1 Å². The minimum Gasteiger partial charge on any atom is -0.481 e. The number of carbonyl (C=O) groups excluding carboxylic acids is 1. The first-order chi connectivity index (χ1) is 7.97. The summed E-state index contributed by atoms with van der Waals surface area (Å²) in [4.78, 5) is 23.5. The fourth-order valence-corrected chi connectivity index (χ4v) is 1.31. The standard InChI is InChI=1S/C11H22N2O4/c1-9(7-10(14)15)8-12-11(16)13(2)5-4-6-17-3/h9H,4-8H2,1-3H3,(H,12,16)(H,14,15). The van der Waals surface area contributed by atoms with Gasteiger partial charge in [0.25, 0.3) is 0 Å². The molecule has 0 spiro atoms. The molecule has 0 aromatic carbocycles. The van der Waals surface area contributed by atoms with Crippen molar-refractivity contribution in [3.05, 3.63) is 0 Å². The van der Waals surface area contributed by atoms with E-state index in [1.165, 1.54) is 0 Å². The van der Waals surface area contributed by atoms with Crippen LogP contribution in [0, 0.1) is 5.92 Å². The van der Waals surface area contributed by atoms with Crippen LogP contribution in [0.25, 0.3) is 0 Å². The van der Waals surface area contributed by atoms with Gasteiger partial charge in [0.15, 0.2) is 0 Å². The van der Waals surface area contributed by atoms with Crippen LogP contribution in [0.15, 0.2) is 0 Å². The third kappa shape index (κ3) is 8.50. The van der Waals surface area contributed by atoms with Crippen LogP contribution >= 0.6 is 0 Å². The first-order valence-electron chi connectivity index (χ1n) is 5.67. The zero-order valence-electron chi connectivity index (χ0n) is 10.7. The number of ether oxygens (including phenoxy) is 1. The minimum atomic E-state index is -0.847. The lowest BCUT2D eigenvalue weighted by molar-refractivity contribution is -0.137. The van der Waals surface area contributed by atoms with Crippen LogP contribution in [0.4, 0.5) is 4.79 Å². The van der Waals surface area contributed by atoms with Gasteiger partial charge in [-0.15, -0.1) is 0 Å². The van der Waals surface area contributed by atoms with Crippen molar-refractivity contribution in [3.63, 3.8) is 0 Å². The zero-order chi connectivity index (χ0) is 13.3. The molecule has 100 valence electrons. The Bertz CT molecular complexity index is 246. The molecule has 0 aliphatic rings. The summed E-state index contributed by atoms with van der Waals surface area (Å²) in [5.41, 5.74) is 0. The van der Waals surface area contributed by atoms with Gasteiger partial charge in [-0.2, -0.15) is 0 Å². The van der Waals surface area contributed by atoms with Crippen LogP contribution in [0.3, 0.4) is 0 Å². The van der Waals surface area contributed by atoms with Gasteiger partial charge in [-0.05, 0) is 12.3 Å². The molecule has 17 heavy (non-hydrogen) atoms. The van der Waals surface area contributed by atoms with Crippen LogP contribution in [0.5, 0.6) is 0 Å². The lowest BCUT2D eigenvalue weighted by atomic mass is 10.1. The Labute approximate surface area is 102 Å². The molecule has 1 unspecified atom stereocenters. The molecule has 0 aliphatic carbocycles. The Morgan fingerprint density at radius 1 is 1.47 bits per heavy atom. The van der Waals surface area contributed by atoms with Gasteiger partial charge in [-0.1, -0.05) is 6.92 Å². The second kappa shape index (κ2) is 8.81. The number of carboxylic acid groups (broad SMARTS) is 1. The number of aliphatic carboxylic acids is 1. The number of carbonyl (C=O) groups is 2. The number of methoxy groups -OCH3 is 1. The summed E-state index contributed by atoms with van der Waals surface area (Å²) in [6, 6.07) is -0.182. The molecule has 2 N–H and O–H groups in total. The smallest absolute Gasteiger partial charge is 0.317 e. The predicted octanol–water partition coefficient (Wildman–Crippen LogP) is 0.775. The molecule has 0 saturated carbocycles. The molecular weight excluding hydrogens is 224 g/mol. The summed E-state index contributed by atoms with van der Waals surface area (Å²) in [5, 5.41) is 11.3. The summed E-state index contributed by atoms with van der Waals surface area (Å²) in [6.45, 7) is 3.40. The first-order valence-corrected chi connectivity index (χ1v) is 5.67. The highest BCUT2D eigenvalue weighted by Crippen LogP contribution is 1.99. The van der Waals surface area contributed by atoms with E-state index in [2.05, 4.69) is 5.32 Å². The van der Waals surface area contributed by atoms with E-state index in [4.69, 9.17) is 9.84 Å². The molecule has 0 aliphatic heterocycles. The largest absolute Gasteiger partial charge is 0.481 e. The summed E-state index contributed by atoms with van der Waals surface area (Å²) in [5.74, 6) is -0.913. The molecule has 0 aromatic rings. The van der Waals surface area contributed by atoms with Crippen molar-refractivity contribution in [2.45, 2.75) is 19.8 Å². The van der Waals surface area contributed by atoms with E-state index in [0.29, 0.717) is 19.7 Å². The SMILES string of the molecule is COCCCN(C)C(=O)NCC(C)CC(=O)O. The van der Waals surface area contributed by atoms with E-state index >= 15 is 0 Å². The van der Waals surface area contributed by atoms with Crippen molar-refractivity contribution in [1.29, 1.82) is 0 Å². The highest BCUT2D eigenvalue weighted by molar-refractivity contribution is 5.74. The third-order valence-electron chi connectivity index (χ3n) is 2.31. The van der Waals surface area contributed by atoms with Gasteiger partial charge in [-0.3, -0.25) is 4.79 Å². The molecule has 0 radical (unpaired) electrons. The number of nitrogens with zero attached hydrogens (tertiary/aromatic N) is 1. The summed E-state index contributed by atoms with van der Waals surface area (Å²) in [7, 11) is 3.32. The molecule has 0 aromatic heterocycles. The Morgan fingerprint density at radius 3 is 2.65 bits per heavy atom. The normalized spacial score (nSPS) is 11.9. The molecule has 0 heterocycles. The van der Waals surface area contributed by atoms with Crippen LogP contribution in [-0.4, -0.2) is 55.9 Å². The summed E-state index contributed by atoms with van der Waals surface area (Å²) >= 11 is 0. The average Bonchev–Trinajstić information content (AvgIpc) is 2.25. The lowest BCUT2D eigenvalue weighted by Gasteiger charge is -2.19. The average molecular weight is 246 g/mol. The van der Waals surface area contributed by atoms with Crippen molar-refractivity contribution in [1.82, 2.24) is 10.2 Å². The van der Waals surface area contributed by atoms with Gasteiger partial charge in [-0.25, -0.2) is 4.79 Å². The van der Waals surface area contributed by atoms with Crippen molar-refractivity contribution < 1.29 is 19.4 Å². The van der Waals surface area contributed by atoms with E-state index in [9.17, 15) is 9.59 Å². The Morgan fingerprint density at radius 2 is 2.12 bits per heavy atom. The molecule has 6 heteroatoms. The molecular formula is C11H22N2O4. The van der Waals surface area contributed by atoms with Gasteiger partial charge in [0.2, 0.25) is 0 Å². The van der Waals surface area contributed by atoms with E-state index in [1.54, 1.807) is 26.0 Å². The zero-order valence-corrected chi connectivity index (χ0v) is 10.7. The third-order valence-corrected chi connectivity index (χ3v) is 2.31. The molecule has 2 amide bonds. The van der Waals surface area contributed by atoms with Crippen molar-refractivity contribution in [2.24, 2.45) is 5.92 Å². The summed E-state index contributed by atoms with van der Waals surface area (Å²) < 4.78 is 4.89. The molecule has 6 nitrogen and oxygen atoms in total. The molecule has 0 rings (SSSR count). The van der Waals surface area contributed by atoms with Crippen LogP contribution in [-0.2, 0) is 9.53 Å². The van der Waals surface area contributed by atoms with Gasteiger partial charge in [0.05, 0.1) is 0 Å². The quantitative estimate of drug-likeness (QED) is 0.620. The Hall–Kier alpha value is -1.30. The first kappa shape index (κ1) is 15.7. The van der Waals surface area contributed by atoms with Crippen molar-refractivity contribution in [3.8, 4) is 0 Å². The summed E-state index contributed by atoms with van der Waals surface area (Å²) in [6.07, 6.45) is 0.846. The second-order valence-corrected chi connectivity index (χ2v) is 4.16. The lowest BCUT2D eigenvalue weighted by Crippen LogP contribution is -2.40. The van der Waals surface area contributed by atoms with E-state index in [0.717, 1.165) is 6.42 Å². The predicted molar refractivity (Wildman–Crippen MR) is 63.9 cm³/mol. The number of rotatable bonds is 8. The molecule has 1 atom stereocenters. The number of hydrogen-bond acceptors (Lipinski definition) is 3. The highest BCUT2D eigenvalue weighted by Gasteiger charge is 2.11. The topological polar surface area (TPSA) is 78.9 Å². The van der Waals surface area contributed by atoms with Crippen molar-refractivity contribution >= 4 is 12.0 Å². The number of amides is 2. The maximum atomic E-state index is 11.6. The monoisotopic (exact) mass is 246 g/mol. The number of hydrogen-bond donors (Lipinski definition) is 2. The van der Waals surface area contributed by atoms with Crippen LogP contribution in [0.2, 0.25) is 0 Å². The molecule has 0 saturated heterocycles. The Kier molecular flexibility index (Phi) is 8.13. The molecule has 0 bridgehead atoms. The van der Waals surface area contributed by atoms with Gasteiger partial charge in [0, 0.05) is 40.3 Å². The van der Waals surface area contributed by atoms with Gasteiger partial charge in [0.1, 0.15) is 0 Å². The van der Waals surface area contributed by atoms with Crippen LogP contribution < -0.4 is 5.32 Å². The maximum Gasteiger partial charge on any atom is 0.317 e. The minimum absolute atomic E-state index is 0.0632. The number of urea groups is 1. The van der Waals surface area contributed by atoms with Crippen LogP contribution in [0.1, 0.15) is 19.8 Å². The van der Waals surface area contributed by atoms with E-state index in [-0.39, 0.29) is 18.4 Å².